The summed E-state index contributed by atoms with van der Waals surface area (Å²) >= 11 is 0. The molecule has 226 valence electrons. The highest BCUT2D eigenvalue weighted by atomic mass is 16.5. The third-order valence-corrected chi connectivity index (χ3v) is 7.83. The number of hydrogen-bond donors (Lipinski definition) is 3. The molecule has 5 aromatic rings. The molecule has 1 atom stereocenters. The van der Waals surface area contributed by atoms with Crippen molar-refractivity contribution >= 4 is 28.5 Å². The number of benzene rings is 3. The fourth-order valence-corrected chi connectivity index (χ4v) is 5.58. The zero-order valence-electron chi connectivity index (χ0n) is 25.2. The minimum Gasteiger partial charge on any atom is -0.360 e. The van der Waals surface area contributed by atoms with Gasteiger partial charge in [-0.05, 0) is 50.3 Å². The van der Waals surface area contributed by atoms with Crippen LogP contribution in [0, 0.1) is 6.92 Å². The largest absolute Gasteiger partial charge is 0.360 e. The van der Waals surface area contributed by atoms with E-state index >= 15 is 0 Å². The van der Waals surface area contributed by atoms with Gasteiger partial charge in [-0.3, -0.25) is 9.59 Å². The minimum atomic E-state index is -0.755. The highest BCUT2D eigenvalue weighted by Gasteiger charge is 2.27. The lowest BCUT2D eigenvalue weighted by atomic mass is 10.0. The highest BCUT2D eigenvalue weighted by molar-refractivity contribution is 6.02. The Hall–Kier alpha value is -4.98. The molecule has 2 amide bonds. The number of Topliss-reactive ketones (excluding diaryl/α,β-unsaturated/α-hetero) is 1. The average Bonchev–Trinajstić information content (AvgIpc) is 3.61. The Morgan fingerprint density at radius 2 is 1.55 bits per heavy atom. The lowest BCUT2D eigenvalue weighted by Crippen LogP contribution is -2.47. The first-order valence-electron chi connectivity index (χ1n) is 15.2. The zero-order chi connectivity index (χ0) is 30.9. The summed E-state index contributed by atoms with van der Waals surface area (Å²) in [5.41, 5.74) is 5.80. The smallest absolute Gasteiger partial charge is 0.257 e. The van der Waals surface area contributed by atoms with Gasteiger partial charge in [0.1, 0.15) is 28.8 Å². The van der Waals surface area contributed by atoms with E-state index in [4.69, 9.17) is 4.52 Å². The molecule has 2 heterocycles. The van der Waals surface area contributed by atoms with Crippen molar-refractivity contribution < 1.29 is 18.9 Å². The molecular formula is C36H38N4O4. The predicted molar refractivity (Wildman–Crippen MR) is 172 cm³/mol. The number of rotatable bonds is 14. The van der Waals surface area contributed by atoms with Crippen LogP contribution >= 0.6 is 0 Å². The Kier molecular flexibility index (Phi) is 10.0. The molecule has 0 fully saturated rings. The molecule has 0 aliphatic heterocycles. The standard InChI is InChI=1S/C36H38N4O4/c1-24(41)14-6-3-11-21-31(39-36(43)32-25(2)44-40-34(32)27-17-9-5-10-18-27)35(42)37-23-22-29-28-19-12-13-20-30(28)38-33(29)26-15-7-4-8-16-26/h4-5,7-10,12-13,15-20,31,38H,3,6,11,14,21-23H2,1-2H3,(H,37,42)(H,39,43). The molecule has 5 rings (SSSR count). The van der Waals surface area contributed by atoms with Crippen molar-refractivity contribution in [3.63, 3.8) is 0 Å². The second kappa shape index (κ2) is 14.5. The average molecular weight is 591 g/mol. The molecule has 0 spiro atoms. The van der Waals surface area contributed by atoms with Gasteiger partial charge in [0.05, 0.1) is 0 Å². The zero-order valence-corrected chi connectivity index (χ0v) is 25.2. The van der Waals surface area contributed by atoms with Gasteiger partial charge in [0.25, 0.3) is 5.91 Å². The van der Waals surface area contributed by atoms with E-state index in [2.05, 4.69) is 45.0 Å². The van der Waals surface area contributed by atoms with E-state index in [1.54, 1.807) is 13.8 Å². The predicted octanol–water partition coefficient (Wildman–Crippen LogP) is 6.80. The second-order valence-electron chi connectivity index (χ2n) is 11.1. The summed E-state index contributed by atoms with van der Waals surface area (Å²) in [6, 6.07) is 26.9. The molecule has 0 radical (unpaired) electrons. The van der Waals surface area contributed by atoms with Crippen molar-refractivity contribution in [1.29, 1.82) is 0 Å². The molecule has 0 saturated heterocycles. The highest BCUT2D eigenvalue weighted by Crippen LogP contribution is 2.30. The van der Waals surface area contributed by atoms with Crippen molar-refractivity contribution in [3.05, 3.63) is 102 Å². The molecule has 2 aromatic heterocycles. The van der Waals surface area contributed by atoms with E-state index in [1.165, 1.54) is 0 Å². The van der Waals surface area contributed by atoms with Crippen molar-refractivity contribution in [2.75, 3.05) is 6.54 Å². The molecule has 1 unspecified atom stereocenters. The minimum absolute atomic E-state index is 0.149. The number of fused-ring (bicyclic) bond motifs is 1. The first-order chi connectivity index (χ1) is 21.4. The fourth-order valence-electron chi connectivity index (χ4n) is 5.58. The number of unbranched alkanes of at least 4 members (excludes halogenated alkanes) is 2. The van der Waals surface area contributed by atoms with Gasteiger partial charge < -0.3 is 24.9 Å². The van der Waals surface area contributed by atoms with Gasteiger partial charge in [-0.15, -0.1) is 0 Å². The molecular weight excluding hydrogens is 552 g/mol. The van der Waals surface area contributed by atoms with Gasteiger partial charge in [0, 0.05) is 35.1 Å². The van der Waals surface area contributed by atoms with Crippen LogP contribution in [0.4, 0.5) is 0 Å². The number of amides is 2. The lowest BCUT2D eigenvalue weighted by Gasteiger charge is -2.19. The summed E-state index contributed by atoms with van der Waals surface area (Å²) in [4.78, 5) is 42.1. The molecule has 0 aliphatic rings. The molecule has 8 nitrogen and oxygen atoms in total. The number of aromatic nitrogens is 2. The number of aromatic amines is 1. The lowest BCUT2D eigenvalue weighted by molar-refractivity contribution is -0.123. The summed E-state index contributed by atoms with van der Waals surface area (Å²) in [6.07, 6.45) is 3.81. The van der Waals surface area contributed by atoms with Gasteiger partial charge in [-0.1, -0.05) is 96.9 Å². The van der Waals surface area contributed by atoms with E-state index < -0.39 is 11.9 Å². The number of hydrogen-bond acceptors (Lipinski definition) is 5. The van der Waals surface area contributed by atoms with E-state index in [0.29, 0.717) is 49.2 Å². The maximum absolute atomic E-state index is 13.6. The van der Waals surface area contributed by atoms with Gasteiger partial charge in [0.2, 0.25) is 5.91 Å². The van der Waals surface area contributed by atoms with Gasteiger partial charge >= 0.3 is 0 Å². The van der Waals surface area contributed by atoms with Crippen molar-refractivity contribution in [1.82, 2.24) is 20.8 Å². The van der Waals surface area contributed by atoms with Crippen LogP contribution in [-0.4, -0.2) is 40.3 Å². The molecule has 3 N–H and O–H groups in total. The topological polar surface area (TPSA) is 117 Å². The molecule has 0 saturated carbocycles. The van der Waals surface area contributed by atoms with Gasteiger partial charge in [0.15, 0.2) is 0 Å². The number of aryl methyl sites for hydroxylation is 1. The summed E-state index contributed by atoms with van der Waals surface area (Å²) in [7, 11) is 0. The Bertz CT molecular complexity index is 1720. The maximum atomic E-state index is 13.6. The van der Waals surface area contributed by atoms with Crippen LogP contribution < -0.4 is 10.6 Å². The molecule has 0 bridgehead atoms. The van der Waals surface area contributed by atoms with Gasteiger partial charge in [-0.2, -0.15) is 0 Å². The number of carbonyl (C=O) groups is 3. The first-order valence-corrected chi connectivity index (χ1v) is 15.2. The molecule has 0 aliphatic carbocycles. The number of nitrogens with zero attached hydrogens (tertiary/aromatic N) is 1. The van der Waals surface area contributed by atoms with Crippen LogP contribution in [0.25, 0.3) is 33.4 Å². The van der Waals surface area contributed by atoms with Crippen LogP contribution in [-0.2, 0) is 16.0 Å². The summed E-state index contributed by atoms with van der Waals surface area (Å²) in [6.45, 7) is 3.68. The molecule has 8 heteroatoms. The van der Waals surface area contributed by atoms with Crippen LogP contribution in [0.2, 0.25) is 0 Å². The van der Waals surface area contributed by atoms with Crippen molar-refractivity contribution in [3.8, 4) is 22.5 Å². The Labute approximate surface area is 257 Å². The SMILES string of the molecule is CC(=O)CCCCCC(NC(=O)c1c(-c2ccccc2)noc1C)C(=O)NCCc1c(-c2ccccc2)[nH]c2ccccc12. The normalized spacial score (nSPS) is 11.8. The van der Waals surface area contributed by atoms with E-state index in [0.717, 1.165) is 46.1 Å². The van der Waals surface area contributed by atoms with E-state index in [-0.39, 0.29) is 11.7 Å². The Balaban J connectivity index is 1.31. The van der Waals surface area contributed by atoms with Crippen molar-refractivity contribution in [2.45, 2.75) is 58.4 Å². The Morgan fingerprint density at radius 1 is 0.864 bits per heavy atom. The van der Waals surface area contributed by atoms with Crippen LogP contribution in [0.3, 0.4) is 0 Å². The molecule has 3 aromatic carbocycles. The first kappa shape index (κ1) is 30.5. The van der Waals surface area contributed by atoms with E-state index in [9.17, 15) is 14.4 Å². The van der Waals surface area contributed by atoms with Crippen LogP contribution in [0.1, 0.15) is 60.7 Å². The van der Waals surface area contributed by atoms with Crippen LogP contribution in [0.15, 0.2) is 89.5 Å². The number of para-hydroxylation sites is 1. The van der Waals surface area contributed by atoms with Crippen LogP contribution in [0.5, 0.6) is 0 Å². The quantitative estimate of drug-likeness (QED) is 0.123. The third kappa shape index (κ3) is 7.32. The summed E-state index contributed by atoms with van der Waals surface area (Å²) in [5.74, 6) is -0.123. The third-order valence-electron chi connectivity index (χ3n) is 7.83. The number of ketones is 1. The number of H-pyrrole nitrogens is 1. The van der Waals surface area contributed by atoms with Gasteiger partial charge in [-0.25, -0.2) is 0 Å². The number of carbonyl (C=O) groups excluding carboxylic acids is 3. The monoisotopic (exact) mass is 590 g/mol. The second-order valence-corrected chi connectivity index (χ2v) is 11.1. The number of nitrogens with one attached hydrogen (secondary N) is 3. The summed E-state index contributed by atoms with van der Waals surface area (Å²) < 4.78 is 5.39. The molecule has 44 heavy (non-hydrogen) atoms. The van der Waals surface area contributed by atoms with Crippen molar-refractivity contribution in [2.24, 2.45) is 0 Å². The fraction of sp³-hybridized carbons (Fsp3) is 0.278. The maximum Gasteiger partial charge on any atom is 0.257 e. The summed E-state index contributed by atoms with van der Waals surface area (Å²) in [5, 5.41) is 11.3. The van der Waals surface area contributed by atoms with E-state index in [1.807, 2.05) is 60.7 Å². The Morgan fingerprint density at radius 3 is 2.27 bits per heavy atom.